The molecule has 2 unspecified atom stereocenters. The van der Waals surface area contributed by atoms with E-state index >= 15 is 0 Å². The number of imidazole rings is 1. The van der Waals surface area contributed by atoms with E-state index in [1.807, 2.05) is 24.3 Å². The Morgan fingerprint density at radius 2 is 1.65 bits per heavy atom. The molecule has 11 nitrogen and oxygen atoms in total. The van der Waals surface area contributed by atoms with Crippen LogP contribution in [0, 0.1) is 17.6 Å². The molecule has 1 aliphatic heterocycles. The quantitative estimate of drug-likeness (QED) is 0.124. The number of Topliss-reactive ketones (excluding diaryl/α,β-unsaturated/α-hetero) is 1. The summed E-state index contributed by atoms with van der Waals surface area (Å²) in [6, 6.07) is 18.3. The Morgan fingerprint density at radius 1 is 0.873 bits per heavy atom. The predicted octanol–water partition coefficient (Wildman–Crippen LogP) is 8.77. The van der Waals surface area contributed by atoms with Crippen LogP contribution in [0.3, 0.4) is 0 Å². The molecule has 63 heavy (non-hydrogen) atoms. The Balaban J connectivity index is 0.939. The number of hydrogen-bond donors (Lipinski definition) is 2. The van der Waals surface area contributed by atoms with E-state index in [4.69, 9.17) is 9.97 Å². The molecule has 3 atom stereocenters. The average Bonchev–Trinajstić information content (AvgIpc) is 3.68. The zero-order valence-electron chi connectivity index (χ0n) is 34.0. The number of fused-ring (bicyclic) bond motifs is 5. The Bertz CT molecular complexity index is 2890. The number of carbonyl (C=O) groups is 2. The van der Waals surface area contributed by atoms with Gasteiger partial charge in [0.2, 0.25) is 5.91 Å². The standard InChI is InChI=1S/C47H41F4N9O2S/c48-30-17-25(18-31(49)22-30)19-37(54-40(62)24-60-43-33(42(57-60)44(50)51)9-5-29-21-36(29)43)41-35(28-2-1-26-6-10-38(61)34(26)20-28)23-39-46(55-41)56-47(63-39)59-15-13-58(14-16-59)32-7-3-27(4-8-32)45-52-11-12-53-45/h1-4,7-8,11-12,17-18,20,22-23,29,36-37,44H,5-6,9-10,13-16,19,21,24H2,(H,52,53)(H,54,62)/t29?,36?,37-/m0/s1. The normalized spacial score (nSPS) is 18.5. The van der Waals surface area contributed by atoms with Gasteiger partial charge in [-0.1, -0.05) is 23.5 Å². The minimum atomic E-state index is -2.77. The minimum absolute atomic E-state index is 0.0406. The number of thiazole rings is 1. The van der Waals surface area contributed by atoms with E-state index in [-0.39, 0.29) is 35.9 Å². The van der Waals surface area contributed by atoms with E-state index < -0.39 is 30.0 Å². The Kier molecular flexibility index (Phi) is 9.85. The van der Waals surface area contributed by atoms with Crippen molar-refractivity contribution < 1.29 is 27.2 Å². The molecule has 2 N–H and O–H groups in total. The molecule has 1 amide bonds. The topological polar surface area (TPSA) is 125 Å². The molecule has 16 heteroatoms. The highest BCUT2D eigenvalue weighted by Gasteiger charge is 2.47. The van der Waals surface area contributed by atoms with Crippen LogP contribution < -0.4 is 15.1 Å². The van der Waals surface area contributed by atoms with E-state index in [1.54, 1.807) is 12.4 Å². The number of pyridine rings is 1. The van der Waals surface area contributed by atoms with E-state index in [2.05, 4.69) is 54.4 Å². The summed E-state index contributed by atoms with van der Waals surface area (Å²) in [5.74, 6) is -0.716. The van der Waals surface area contributed by atoms with Crippen LogP contribution in [0.25, 0.3) is 32.9 Å². The third-order valence-corrected chi connectivity index (χ3v) is 14.0. The molecular weight excluding hydrogens is 831 g/mol. The Morgan fingerprint density at radius 3 is 2.41 bits per heavy atom. The SMILES string of the molecule is O=C(Cn1nc(C(F)F)c2c1C1CC1CC2)N[C@@H](Cc1cc(F)cc(F)c1)c1nc2nc(N3CCN(c4ccc(-c5ncc[nH]5)cc4)CC3)sc2cc1-c1ccc2c(c1)C(=O)CC2. The first kappa shape index (κ1) is 39.4. The fraction of sp³-hybridized carbons (Fsp3) is 0.319. The molecule has 3 aliphatic carbocycles. The van der Waals surface area contributed by atoms with Gasteiger partial charge in [0.25, 0.3) is 6.43 Å². The molecule has 320 valence electrons. The van der Waals surface area contributed by atoms with Gasteiger partial charge in [-0.2, -0.15) is 10.1 Å². The molecule has 11 rings (SSSR count). The summed E-state index contributed by atoms with van der Waals surface area (Å²) in [4.78, 5) is 49.4. The number of H-pyrrole nitrogens is 1. The summed E-state index contributed by atoms with van der Waals surface area (Å²) in [6.07, 6.45) is 3.96. The fourth-order valence-corrected chi connectivity index (χ4v) is 10.8. The molecule has 4 aromatic heterocycles. The Hall–Kier alpha value is -6.42. The van der Waals surface area contributed by atoms with Crippen molar-refractivity contribution in [3.63, 3.8) is 0 Å². The van der Waals surface area contributed by atoms with Gasteiger partial charge in [-0.25, -0.2) is 27.5 Å². The first-order chi connectivity index (χ1) is 30.6. The van der Waals surface area contributed by atoms with Crippen molar-refractivity contribution in [1.29, 1.82) is 0 Å². The molecule has 7 aromatic rings. The maximum absolute atomic E-state index is 14.7. The van der Waals surface area contributed by atoms with Gasteiger partial charge >= 0.3 is 0 Å². The monoisotopic (exact) mass is 871 g/mol. The Labute approximate surface area is 363 Å². The van der Waals surface area contributed by atoms with Gasteiger partial charge in [-0.3, -0.25) is 14.3 Å². The van der Waals surface area contributed by atoms with Gasteiger partial charge in [-0.05, 0) is 103 Å². The molecule has 1 saturated heterocycles. The predicted molar refractivity (Wildman–Crippen MR) is 231 cm³/mol. The van der Waals surface area contributed by atoms with Crippen LogP contribution in [0.2, 0.25) is 0 Å². The number of aromatic nitrogens is 6. The average molecular weight is 872 g/mol. The van der Waals surface area contributed by atoms with Crippen molar-refractivity contribution in [2.24, 2.45) is 5.92 Å². The largest absolute Gasteiger partial charge is 0.368 e. The number of carbonyl (C=O) groups excluding carboxylic acids is 2. The minimum Gasteiger partial charge on any atom is -0.368 e. The number of benzene rings is 3. The number of alkyl halides is 2. The number of aryl methyl sites for hydroxylation is 1. The van der Waals surface area contributed by atoms with Crippen LogP contribution in [-0.2, 0) is 30.6 Å². The fourth-order valence-electron chi connectivity index (χ4n) is 9.80. The summed E-state index contributed by atoms with van der Waals surface area (Å²) in [5.41, 5.74) is 7.08. The second-order valence-corrected chi connectivity index (χ2v) is 18.0. The first-order valence-electron chi connectivity index (χ1n) is 21.3. The number of nitrogens with one attached hydrogen (secondary N) is 2. The van der Waals surface area contributed by atoms with Crippen LogP contribution in [0.1, 0.15) is 81.8 Å². The number of anilines is 2. The molecule has 1 saturated carbocycles. The van der Waals surface area contributed by atoms with Gasteiger partial charge in [0.05, 0.1) is 16.4 Å². The number of ketones is 1. The zero-order chi connectivity index (χ0) is 42.9. The number of nitrogens with zero attached hydrogens (tertiary/aromatic N) is 7. The number of amides is 1. The lowest BCUT2D eigenvalue weighted by atomic mass is 9.93. The van der Waals surface area contributed by atoms with Gasteiger partial charge in [0, 0.05) is 90.6 Å². The lowest BCUT2D eigenvalue weighted by Gasteiger charge is -2.36. The first-order valence-corrected chi connectivity index (χ1v) is 22.1. The lowest BCUT2D eigenvalue weighted by molar-refractivity contribution is -0.122. The molecule has 0 radical (unpaired) electrons. The van der Waals surface area contributed by atoms with Crippen LogP contribution in [0.15, 0.2) is 79.1 Å². The summed E-state index contributed by atoms with van der Waals surface area (Å²) in [5, 5.41) is 8.12. The number of halogens is 4. The van der Waals surface area contributed by atoms with E-state index in [1.165, 1.54) is 28.2 Å². The van der Waals surface area contributed by atoms with E-state index in [0.29, 0.717) is 77.6 Å². The highest BCUT2D eigenvalue weighted by Crippen LogP contribution is 2.55. The molecular formula is C47H41F4N9O2S. The molecule has 0 bridgehead atoms. The van der Waals surface area contributed by atoms with Crippen molar-refractivity contribution in [3.8, 4) is 22.5 Å². The summed E-state index contributed by atoms with van der Waals surface area (Å²) < 4.78 is 60.1. The van der Waals surface area contributed by atoms with Gasteiger partial charge in [-0.15, -0.1) is 0 Å². The van der Waals surface area contributed by atoms with Gasteiger partial charge < -0.3 is 20.1 Å². The van der Waals surface area contributed by atoms with Crippen molar-refractivity contribution in [2.45, 2.75) is 63.5 Å². The summed E-state index contributed by atoms with van der Waals surface area (Å²) in [6.45, 7) is 2.63. The van der Waals surface area contributed by atoms with Crippen molar-refractivity contribution in [3.05, 3.63) is 130 Å². The molecule has 0 spiro atoms. The molecule has 4 aliphatic rings. The summed E-state index contributed by atoms with van der Waals surface area (Å²) in [7, 11) is 0. The van der Waals surface area contributed by atoms with E-state index in [9.17, 15) is 27.2 Å². The summed E-state index contributed by atoms with van der Waals surface area (Å²) >= 11 is 1.50. The third kappa shape index (κ3) is 7.53. The van der Waals surface area contributed by atoms with Crippen LogP contribution in [-0.4, -0.2) is 67.6 Å². The van der Waals surface area contributed by atoms with Crippen molar-refractivity contribution >= 4 is 44.2 Å². The highest BCUT2D eigenvalue weighted by atomic mass is 32.1. The maximum Gasteiger partial charge on any atom is 0.282 e. The number of piperazine rings is 1. The van der Waals surface area contributed by atoms with Gasteiger partial charge in [0.1, 0.15) is 29.7 Å². The molecule has 3 aromatic carbocycles. The number of hydrogen-bond acceptors (Lipinski definition) is 9. The number of aromatic amines is 1. The van der Waals surface area contributed by atoms with Crippen LogP contribution in [0.4, 0.5) is 28.4 Å². The maximum atomic E-state index is 14.7. The molecule has 5 heterocycles. The zero-order valence-corrected chi connectivity index (χ0v) is 34.8. The van der Waals surface area contributed by atoms with Gasteiger partial charge in [0.15, 0.2) is 16.6 Å². The van der Waals surface area contributed by atoms with Crippen LogP contribution >= 0.6 is 11.3 Å². The van der Waals surface area contributed by atoms with Crippen molar-refractivity contribution in [1.82, 2.24) is 35.0 Å². The number of rotatable bonds is 11. The third-order valence-electron chi connectivity index (χ3n) is 13.0. The smallest absolute Gasteiger partial charge is 0.282 e. The second kappa shape index (κ2) is 15.7. The lowest BCUT2D eigenvalue weighted by Crippen LogP contribution is -2.46. The molecule has 2 fully saturated rings. The van der Waals surface area contributed by atoms with E-state index in [0.717, 1.165) is 64.5 Å². The second-order valence-electron chi connectivity index (χ2n) is 16.9. The van der Waals surface area contributed by atoms with Crippen molar-refractivity contribution in [2.75, 3.05) is 36.0 Å². The highest BCUT2D eigenvalue weighted by molar-refractivity contribution is 7.22. The van der Waals surface area contributed by atoms with Crippen LogP contribution in [0.5, 0.6) is 0 Å².